The largest absolute Gasteiger partial charge is 0.370 e. The third-order valence-corrected chi connectivity index (χ3v) is 4.83. The zero-order chi connectivity index (χ0) is 19.2. The number of hydrogen-bond acceptors (Lipinski definition) is 3. The number of benzene rings is 2. The summed E-state index contributed by atoms with van der Waals surface area (Å²) in [5.74, 6) is -0.109. The monoisotopic (exact) mass is 374 g/mol. The molecule has 1 aliphatic heterocycles. The van der Waals surface area contributed by atoms with Crippen molar-refractivity contribution in [3.05, 3.63) is 71.8 Å². The summed E-state index contributed by atoms with van der Waals surface area (Å²) in [4.78, 5) is 16.4. The van der Waals surface area contributed by atoms with Crippen molar-refractivity contribution in [2.24, 2.45) is 0 Å². The lowest BCUT2D eigenvalue weighted by Gasteiger charge is -2.35. The van der Waals surface area contributed by atoms with Gasteiger partial charge in [0, 0.05) is 20.1 Å². The highest BCUT2D eigenvalue weighted by Crippen LogP contribution is 2.27. The van der Waals surface area contributed by atoms with Crippen molar-refractivity contribution in [2.75, 3.05) is 33.3 Å². The zero-order valence-electron chi connectivity index (χ0n) is 15.3. The minimum absolute atomic E-state index is 0.0680. The average Bonchev–Trinajstić information content (AvgIpc) is 2.70. The highest BCUT2D eigenvalue weighted by atomic mass is 19.3. The molecule has 1 atom stereocenters. The van der Waals surface area contributed by atoms with Gasteiger partial charge in [0.05, 0.1) is 19.2 Å². The van der Waals surface area contributed by atoms with Crippen LogP contribution in [0.2, 0.25) is 0 Å². The maximum Gasteiger partial charge on any atom is 0.265 e. The van der Waals surface area contributed by atoms with Gasteiger partial charge in [0.1, 0.15) is 6.10 Å². The SMILES string of the molecule is CN(C(=O)CN1CCOC(C(F)F)C1)C(c1ccccc1)c1ccccc1. The smallest absolute Gasteiger partial charge is 0.265 e. The van der Waals surface area contributed by atoms with E-state index in [9.17, 15) is 13.6 Å². The molecule has 0 radical (unpaired) electrons. The summed E-state index contributed by atoms with van der Waals surface area (Å²) >= 11 is 0. The van der Waals surface area contributed by atoms with E-state index in [0.29, 0.717) is 6.54 Å². The first-order valence-corrected chi connectivity index (χ1v) is 9.04. The maximum atomic E-state index is 12.9. The Balaban J connectivity index is 1.76. The normalized spacial score (nSPS) is 18.0. The van der Waals surface area contributed by atoms with E-state index in [1.165, 1.54) is 0 Å². The molecule has 1 heterocycles. The van der Waals surface area contributed by atoms with Crippen LogP contribution in [0.5, 0.6) is 0 Å². The minimum atomic E-state index is -2.54. The Morgan fingerprint density at radius 1 is 1.11 bits per heavy atom. The highest BCUT2D eigenvalue weighted by Gasteiger charge is 2.30. The molecule has 1 amide bonds. The molecule has 0 aliphatic carbocycles. The fourth-order valence-corrected chi connectivity index (χ4v) is 3.38. The van der Waals surface area contributed by atoms with Gasteiger partial charge in [-0.05, 0) is 11.1 Å². The standard InChI is InChI=1S/C21H24F2N2O2/c1-24(19(26)15-25-12-13-27-18(14-25)21(22)23)20(16-8-4-2-5-9-16)17-10-6-3-7-11-17/h2-11,18,20-21H,12-15H2,1H3. The van der Waals surface area contributed by atoms with E-state index in [1.807, 2.05) is 60.7 Å². The Labute approximate surface area is 158 Å². The number of carbonyl (C=O) groups is 1. The van der Waals surface area contributed by atoms with Crippen molar-refractivity contribution >= 4 is 5.91 Å². The minimum Gasteiger partial charge on any atom is -0.370 e. The lowest BCUT2D eigenvalue weighted by atomic mass is 9.97. The van der Waals surface area contributed by atoms with Crippen molar-refractivity contribution in [3.8, 4) is 0 Å². The predicted octanol–water partition coefficient (Wildman–Crippen LogP) is 3.20. The van der Waals surface area contributed by atoms with Crippen molar-refractivity contribution in [1.82, 2.24) is 9.80 Å². The number of halogens is 2. The molecule has 1 aliphatic rings. The van der Waals surface area contributed by atoms with Crippen LogP contribution in [0.1, 0.15) is 17.2 Å². The van der Waals surface area contributed by atoms with Gasteiger partial charge in [-0.1, -0.05) is 60.7 Å². The third-order valence-electron chi connectivity index (χ3n) is 4.83. The molecule has 2 aromatic carbocycles. The number of rotatable bonds is 6. The maximum absolute atomic E-state index is 12.9. The summed E-state index contributed by atoms with van der Waals surface area (Å²) in [7, 11) is 1.76. The quantitative estimate of drug-likeness (QED) is 0.779. The summed E-state index contributed by atoms with van der Waals surface area (Å²) in [5, 5.41) is 0. The Bertz CT molecular complexity index is 688. The number of alkyl halides is 2. The Morgan fingerprint density at radius 3 is 2.19 bits per heavy atom. The predicted molar refractivity (Wildman–Crippen MR) is 99.7 cm³/mol. The second kappa shape index (κ2) is 9.06. The van der Waals surface area contributed by atoms with Crippen molar-refractivity contribution in [1.29, 1.82) is 0 Å². The van der Waals surface area contributed by atoms with Gasteiger partial charge in [0.2, 0.25) is 5.91 Å². The molecule has 1 fully saturated rings. The molecule has 3 rings (SSSR count). The second-order valence-corrected chi connectivity index (χ2v) is 6.71. The van der Waals surface area contributed by atoms with Gasteiger partial charge in [-0.15, -0.1) is 0 Å². The van der Waals surface area contributed by atoms with E-state index in [2.05, 4.69) is 0 Å². The number of nitrogens with zero attached hydrogens (tertiary/aromatic N) is 2. The topological polar surface area (TPSA) is 32.8 Å². The number of likely N-dealkylation sites (N-methyl/N-ethyl adjacent to an activating group) is 1. The van der Waals surface area contributed by atoms with Crippen molar-refractivity contribution < 1.29 is 18.3 Å². The van der Waals surface area contributed by atoms with Crippen LogP contribution >= 0.6 is 0 Å². The van der Waals surface area contributed by atoms with E-state index in [0.717, 1.165) is 11.1 Å². The van der Waals surface area contributed by atoms with E-state index >= 15 is 0 Å². The van der Waals surface area contributed by atoms with Crippen LogP contribution < -0.4 is 0 Å². The summed E-state index contributed by atoms with van der Waals surface area (Å²) < 4.78 is 30.9. The first kappa shape index (κ1) is 19.5. The molecule has 0 N–H and O–H groups in total. The van der Waals surface area contributed by atoms with Crippen LogP contribution in [0, 0.1) is 0 Å². The first-order chi connectivity index (χ1) is 13.1. The molecule has 144 valence electrons. The molecule has 0 spiro atoms. The molecule has 1 saturated heterocycles. The van der Waals surface area contributed by atoms with Gasteiger partial charge in [-0.2, -0.15) is 0 Å². The molecular weight excluding hydrogens is 350 g/mol. The molecule has 4 nitrogen and oxygen atoms in total. The van der Waals surface area contributed by atoms with Gasteiger partial charge < -0.3 is 9.64 Å². The summed E-state index contributed by atoms with van der Waals surface area (Å²) in [6, 6.07) is 19.4. The molecular formula is C21H24F2N2O2. The second-order valence-electron chi connectivity index (χ2n) is 6.71. The highest BCUT2D eigenvalue weighted by molar-refractivity contribution is 5.79. The number of ether oxygens (including phenoxy) is 1. The molecule has 0 bridgehead atoms. The number of amides is 1. The van der Waals surface area contributed by atoms with Gasteiger partial charge >= 0.3 is 0 Å². The lowest BCUT2D eigenvalue weighted by Crippen LogP contribution is -2.49. The summed E-state index contributed by atoms with van der Waals surface area (Å²) in [6.45, 7) is 0.856. The van der Waals surface area contributed by atoms with Gasteiger partial charge in [0.25, 0.3) is 6.43 Å². The first-order valence-electron chi connectivity index (χ1n) is 9.04. The van der Waals surface area contributed by atoms with E-state index < -0.39 is 12.5 Å². The van der Waals surface area contributed by atoms with Crippen molar-refractivity contribution in [3.63, 3.8) is 0 Å². The molecule has 1 unspecified atom stereocenters. The van der Waals surface area contributed by atoms with Crippen LogP contribution in [-0.4, -0.2) is 61.5 Å². The molecule has 2 aromatic rings. The number of carbonyl (C=O) groups excluding carboxylic acids is 1. The van der Waals surface area contributed by atoms with Crippen LogP contribution in [0.3, 0.4) is 0 Å². The summed E-state index contributed by atoms with van der Waals surface area (Å²) in [5.41, 5.74) is 2.01. The van der Waals surface area contributed by atoms with Crippen LogP contribution in [0.4, 0.5) is 8.78 Å². The lowest BCUT2D eigenvalue weighted by molar-refractivity contribution is -0.138. The van der Waals surface area contributed by atoms with Crippen molar-refractivity contribution in [2.45, 2.75) is 18.6 Å². The zero-order valence-corrected chi connectivity index (χ0v) is 15.3. The molecule has 0 aromatic heterocycles. The van der Waals surface area contributed by atoms with Crippen LogP contribution in [0.15, 0.2) is 60.7 Å². The molecule has 0 saturated carbocycles. The van der Waals surface area contributed by atoms with Crippen LogP contribution in [0.25, 0.3) is 0 Å². The Morgan fingerprint density at radius 2 is 1.67 bits per heavy atom. The molecule has 27 heavy (non-hydrogen) atoms. The Kier molecular flexibility index (Phi) is 6.53. The van der Waals surface area contributed by atoms with E-state index in [1.54, 1.807) is 16.8 Å². The number of hydrogen-bond donors (Lipinski definition) is 0. The fourth-order valence-electron chi connectivity index (χ4n) is 3.38. The Hall–Kier alpha value is -2.31. The van der Waals surface area contributed by atoms with E-state index in [4.69, 9.17) is 4.74 Å². The molecule has 6 heteroatoms. The van der Waals surface area contributed by atoms with Crippen LogP contribution in [-0.2, 0) is 9.53 Å². The summed E-state index contributed by atoms with van der Waals surface area (Å²) in [6.07, 6.45) is -3.67. The van der Waals surface area contributed by atoms with Gasteiger partial charge in [-0.25, -0.2) is 8.78 Å². The number of morpholine rings is 1. The fraction of sp³-hybridized carbons (Fsp3) is 0.381. The average molecular weight is 374 g/mol. The van der Waals surface area contributed by atoms with Gasteiger partial charge in [-0.3, -0.25) is 9.69 Å². The van der Waals surface area contributed by atoms with E-state index in [-0.39, 0.29) is 31.6 Å². The van der Waals surface area contributed by atoms with Gasteiger partial charge in [0.15, 0.2) is 0 Å². The third kappa shape index (κ3) is 4.90.